The number of benzene rings is 1. The van der Waals surface area contributed by atoms with Crippen LogP contribution in [0.15, 0.2) is 48.1 Å². The van der Waals surface area contributed by atoms with Crippen LogP contribution in [0.25, 0.3) is 6.08 Å². The topological polar surface area (TPSA) is 169 Å². The molecule has 7 atom stereocenters. The Morgan fingerprint density at radius 1 is 1.10 bits per heavy atom. The zero-order valence-electron chi connectivity index (χ0n) is 27.8. The van der Waals surface area contributed by atoms with Crippen molar-refractivity contribution in [3.63, 3.8) is 0 Å². The predicted molar refractivity (Wildman–Crippen MR) is 170 cm³/mol. The molecule has 1 aromatic rings. The molecule has 3 saturated carbocycles. The molecule has 0 amide bonds. The minimum Gasteiger partial charge on any atom is -0.493 e. The van der Waals surface area contributed by atoms with Crippen molar-refractivity contribution in [3.8, 4) is 11.5 Å². The number of methoxy groups -OCH3 is 1. The van der Waals surface area contributed by atoms with E-state index >= 15 is 0 Å². The fourth-order valence-corrected chi connectivity index (χ4v) is 8.94. The molecule has 1 aromatic carbocycles. The first-order valence-corrected chi connectivity index (χ1v) is 16.4. The number of fused-ring (bicyclic) bond motifs is 5. The Hall–Kier alpha value is -3.68. The Morgan fingerprint density at radius 2 is 1.88 bits per heavy atom. The van der Waals surface area contributed by atoms with Crippen LogP contribution >= 0.6 is 0 Å². The molecule has 12 heteroatoms. The van der Waals surface area contributed by atoms with Gasteiger partial charge in [-0.15, -0.1) is 0 Å². The zero-order chi connectivity index (χ0) is 34.9. The molecule has 0 bridgehead atoms. The lowest BCUT2D eigenvalue weighted by atomic mass is 9.45. The van der Waals surface area contributed by atoms with E-state index in [1.807, 2.05) is 13.0 Å². The Labute approximate surface area is 279 Å². The van der Waals surface area contributed by atoms with Crippen LogP contribution < -0.4 is 9.47 Å². The Kier molecular flexibility index (Phi) is 10.4. The number of hydrogen-bond donors (Lipinski definition) is 3. The zero-order valence-corrected chi connectivity index (χ0v) is 27.8. The summed E-state index contributed by atoms with van der Waals surface area (Å²) in [4.78, 5) is 55.1. The quantitative estimate of drug-likeness (QED) is 0.0916. The van der Waals surface area contributed by atoms with Gasteiger partial charge in [0.15, 0.2) is 29.7 Å². The summed E-state index contributed by atoms with van der Waals surface area (Å²) in [5.41, 5.74) is 0.0450. The summed E-state index contributed by atoms with van der Waals surface area (Å²) in [6, 6.07) is 4.70. The number of ketones is 2. The summed E-state index contributed by atoms with van der Waals surface area (Å²) >= 11 is 0. The van der Waals surface area contributed by atoms with E-state index in [0.29, 0.717) is 18.4 Å². The summed E-state index contributed by atoms with van der Waals surface area (Å²) in [7, 11) is 1.41. The molecular formula is C36H45NO11. The minimum atomic E-state index is -0.769. The summed E-state index contributed by atoms with van der Waals surface area (Å²) in [5, 5.41) is 28.3. The summed E-state index contributed by atoms with van der Waals surface area (Å²) in [5.74, 6) is -0.584. The first-order chi connectivity index (χ1) is 22.7. The van der Waals surface area contributed by atoms with Crippen molar-refractivity contribution in [2.75, 3.05) is 20.3 Å². The third kappa shape index (κ3) is 6.77. The van der Waals surface area contributed by atoms with E-state index in [9.17, 15) is 24.3 Å². The van der Waals surface area contributed by atoms with E-state index in [0.717, 1.165) is 24.8 Å². The number of ether oxygens (including phenoxy) is 3. The van der Waals surface area contributed by atoms with Crippen LogP contribution in [0.1, 0.15) is 71.3 Å². The first kappa shape index (κ1) is 35.6. The molecule has 0 unspecified atom stereocenters. The van der Waals surface area contributed by atoms with Gasteiger partial charge in [-0.3, -0.25) is 29.6 Å². The van der Waals surface area contributed by atoms with Crippen molar-refractivity contribution in [3.05, 3.63) is 53.6 Å². The van der Waals surface area contributed by atoms with Gasteiger partial charge in [0.25, 0.3) is 0 Å². The molecule has 4 aliphatic carbocycles. The number of rotatable bonds is 12. The van der Waals surface area contributed by atoms with Crippen molar-refractivity contribution in [2.24, 2.45) is 34.0 Å². The second kappa shape index (κ2) is 14.0. The van der Waals surface area contributed by atoms with Gasteiger partial charge in [-0.05, 0) is 91.7 Å². The highest BCUT2D eigenvalue weighted by atomic mass is 17.1. The highest BCUT2D eigenvalue weighted by Gasteiger charge is 2.66. The van der Waals surface area contributed by atoms with Crippen molar-refractivity contribution >= 4 is 29.6 Å². The largest absolute Gasteiger partial charge is 0.493 e. The van der Waals surface area contributed by atoms with E-state index in [-0.39, 0.29) is 72.3 Å². The van der Waals surface area contributed by atoms with Crippen LogP contribution in [0.4, 0.5) is 0 Å². The summed E-state index contributed by atoms with van der Waals surface area (Å²) < 4.78 is 16.1. The SMILES string of the molecule is COc1cc(/C=C/C(=O)OCC(=O)[C@@]2(C)CC[C@H]3[C@@H]4CCC5=CC(=O)C=C[C@]5(C)[C@H]4[C@@H](O)C[C@@]32C)ccc1OC(=O)CCCON(O)O. The van der Waals surface area contributed by atoms with E-state index < -0.39 is 34.3 Å². The van der Waals surface area contributed by atoms with E-state index in [4.69, 9.17) is 24.6 Å². The number of carbonyl (C=O) groups is 4. The minimum absolute atomic E-state index is 0.00313. The third-order valence-corrected chi connectivity index (χ3v) is 11.6. The number of carbonyl (C=O) groups excluding carboxylic acids is 4. The van der Waals surface area contributed by atoms with Gasteiger partial charge in [0, 0.05) is 29.2 Å². The third-order valence-electron chi connectivity index (χ3n) is 11.6. The second-order valence-electron chi connectivity index (χ2n) is 14.0. The lowest BCUT2D eigenvalue weighted by Gasteiger charge is -2.60. The molecule has 0 saturated heterocycles. The molecule has 3 N–H and O–H groups in total. The Bertz CT molecular complexity index is 1530. The van der Waals surface area contributed by atoms with Gasteiger partial charge in [0.1, 0.15) is 0 Å². The molecule has 5 rings (SSSR count). The molecule has 0 radical (unpaired) electrons. The number of esters is 2. The molecule has 12 nitrogen and oxygen atoms in total. The van der Waals surface area contributed by atoms with Crippen LogP contribution in [-0.4, -0.2) is 70.8 Å². The van der Waals surface area contributed by atoms with E-state index in [1.165, 1.54) is 25.3 Å². The molecule has 0 aliphatic heterocycles. The second-order valence-corrected chi connectivity index (χ2v) is 14.0. The molecule has 0 spiro atoms. The molecular weight excluding hydrogens is 622 g/mol. The average molecular weight is 668 g/mol. The predicted octanol–water partition coefficient (Wildman–Crippen LogP) is 4.80. The maximum atomic E-state index is 13.8. The monoisotopic (exact) mass is 667 g/mol. The number of hydrogen-bond acceptors (Lipinski definition) is 12. The maximum absolute atomic E-state index is 13.8. The fraction of sp³-hybridized carbons (Fsp3) is 0.556. The Balaban J connectivity index is 1.18. The van der Waals surface area contributed by atoms with Gasteiger partial charge in [-0.2, -0.15) is 0 Å². The molecule has 0 aromatic heterocycles. The molecule has 0 heterocycles. The van der Waals surface area contributed by atoms with Gasteiger partial charge in [0.05, 0.1) is 25.2 Å². The average Bonchev–Trinajstić information content (AvgIpc) is 3.31. The number of aliphatic hydroxyl groups excluding tert-OH is 1. The summed E-state index contributed by atoms with van der Waals surface area (Å²) in [6.07, 6.45) is 11.2. The van der Waals surface area contributed by atoms with Gasteiger partial charge < -0.3 is 19.3 Å². The van der Waals surface area contributed by atoms with Crippen LogP contribution in [-0.2, 0) is 28.8 Å². The van der Waals surface area contributed by atoms with Crippen molar-refractivity contribution in [2.45, 2.75) is 71.8 Å². The molecule has 260 valence electrons. The van der Waals surface area contributed by atoms with Crippen molar-refractivity contribution < 1.29 is 53.7 Å². The number of allylic oxidation sites excluding steroid dienone is 4. The number of aliphatic hydroxyl groups is 1. The smallest absolute Gasteiger partial charge is 0.331 e. The molecule has 3 fully saturated rings. The summed E-state index contributed by atoms with van der Waals surface area (Å²) in [6.45, 7) is 5.71. The van der Waals surface area contributed by atoms with Crippen molar-refractivity contribution in [1.82, 2.24) is 5.39 Å². The van der Waals surface area contributed by atoms with E-state index in [1.54, 1.807) is 24.3 Å². The fourth-order valence-electron chi connectivity index (χ4n) is 8.94. The normalized spacial score (nSPS) is 32.3. The standard InChI is InChI=1S/C36H45NO11/c1-34-15-13-24(38)19-23(34)9-10-25-26-14-16-35(2,36(26,3)20-27(39)33(25)34)30(40)21-46-31(41)12-8-22-7-11-28(29(18-22)45-4)48-32(42)6-5-17-47-37(43)44/h7-8,11-13,15,18-19,25-27,33,39,43-44H,5-6,9-10,14,16-17,20-21H2,1-4H3/b12-8+/t25-,26-,27-,33+,34-,35+,36-/m0/s1. The van der Waals surface area contributed by atoms with Gasteiger partial charge in [-0.25, -0.2) is 4.79 Å². The van der Waals surface area contributed by atoms with E-state index in [2.05, 4.69) is 18.7 Å². The number of nitrogens with zero attached hydrogens (tertiary/aromatic N) is 1. The van der Waals surface area contributed by atoms with Gasteiger partial charge in [-0.1, -0.05) is 38.5 Å². The van der Waals surface area contributed by atoms with Crippen LogP contribution in [0.5, 0.6) is 11.5 Å². The molecule has 48 heavy (non-hydrogen) atoms. The van der Waals surface area contributed by atoms with Gasteiger partial charge >= 0.3 is 11.9 Å². The first-order valence-electron chi connectivity index (χ1n) is 16.4. The number of Topliss-reactive ketones (excluding diaryl/α,β-unsaturated/α-hetero) is 1. The molecule has 4 aliphatic rings. The Morgan fingerprint density at radius 3 is 2.60 bits per heavy atom. The maximum Gasteiger partial charge on any atom is 0.331 e. The van der Waals surface area contributed by atoms with Crippen LogP contribution in [0.3, 0.4) is 0 Å². The van der Waals surface area contributed by atoms with Crippen LogP contribution in [0.2, 0.25) is 0 Å². The lowest BCUT2D eigenvalue weighted by molar-refractivity contribution is -0.492. The van der Waals surface area contributed by atoms with Crippen LogP contribution in [0, 0.1) is 34.0 Å². The van der Waals surface area contributed by atoms with Gasteiger partial charge in [0.2, 0.25) is 0 Å². The highest BCUT2D eigenvalue weighted by Crippen LogP contribution is 2.69. The lowest BCUT2D eigenvalue weighted by Crippen LogP contribution is -2.58. The highest BCUT2D eigenvalue weighted by molar-refractivity contribution is 6.01. The van der Waals surface area contributed by atoms with Crippen molar-refractivity contribution in [1.29, 1.82) is 0 Å².